The average molecular weight is 350 g/mol. The van der Waals surface area contributed by atoms with E-state index in [2.05, 4.69) is 20.8 Å². The molecule has 21 heavy (non-hydrogen) atoms. The molecule has 1 unspecified atom stereocenters. The minimum absolute atomic E-state index is 0.246. The molecule has 1 fully saturated rings. The fraction of sp³-hybridized carbons (Fsp3) is 0.312. The summed E-state index contributed by atoms with van der Waals surface area (Å²) in [6.07, 6.45) is 0.717. The van der Waals surface area contributed by atoms with E-state index in [4.69, 9.17) is 9.52 Å². The van der Waals surface area contributed by atoms with E-state index in [1.807, 2.05) is 36.4 Å². The summed E-state index contributed by atoms with van der Waals surface area (Å²) in [5, 5.41) is 9.02. The minimum atomic E-state index is -0.702. The van der Waals surface area contributed by atoms with Crippen LogP contribution >= 0.6 is 15.9 Å². The van der Waals surface area contributed by atoms with Gasteiger partial charge in [-0.3, -0.25) is 9.69 Å². The van der Waals surface area contributed by atoms with Crippen LogP contribution in [0.25, 0.3) is 11.3 Å². The molecule has 0 amide bonds. The molecule has 3 rings (SSSR count). The molecule has 2 aromatic rings. The van der Waals surface area contributed by atoms with Crippen LogP contribution in [0.15, 0.2) is 45.3 Å². The lowest BCUT2D eigenvalue weighted by Gasteiger charge is -2.12. The van der Waals surface area contributed by atoms with E-state index < -0.39 is 5.97 Å². The smallest absolute Gasteiger partial charge is 0.307 e. The first-order valence-corrected chi connectivity index (χ1v) is 7.71. The van der Waals surface area contributed by atoms with E-state index in [1.54, 1.807) is 0 Å². The quantitative estimate of drug-likeness (QED) is 0.915. The second-order valence-electron chi connectivity index (χ2n) is 5.34. The van der Waals surface area contributed by atoms with Crippen LogP contribution < -0.4 is 0 Å². The van der Waals surface area contributed by atoms with Gasteiger partial charge in [0.05, 0.1) is 12.5 Å². The van der Waals surface area contributed by atoms with Gasteiger partial charge in [0.2, 0.25) is 0 Å². The monoisotopic (exact) mass is 349 g/mol. The zero-order valence-corrected chi connectivity index (χ0v) is 13.0. The first kappa shape index (κ1) is 14.4. The molecule has 1 saturated heterocycles. The molecule has 2 heterocycles. The zero-order chi connectivity index (χ0) is 14.8. The summed E-state index contributed by atoms with van der Waals surface area (Å²) in [5.41, 5.74) is 1.03. The fourth-order valence-corrected chi connectivity index (χ4v) is 3.06. The summed E-state index contributed by atoms with van der Waals surface area (Å²) in [4.78, 5) is 13.1. The summed E-state index contributed by atoms with van der Waals surface area (Å²) in [6, 6.07) is 11.9. The van der Waals surface area contributed by atoms with Gasteiger partial charge in [0.25, 0.3) is 0 Å². The maximum atomic E-state index is 11.0. The molecule has 1 N–H and O–H groups in total. The van der Waals surface area contributed by atoms with Gasteiger partial charge in [0.1, 0.15) is 11.5 Å². The van der Waals surface area contributed by atoms with Crippen molar-refractivity contribution >= 4 is 21.9 Å². The van der Waals surface area contributed by atoms with Gasteiger partial charge >= 0.3 is 5.97 Å². The van der Waals surface area contributed by atoms with E-state index >= 15 is 0 Å². The van der Waals surface area contributed by atoms with E-state index in [1.165, 1.54) is 0 Å². The summed E-state index contributed by atoms with van der Waals surface area (Å²) in [5.74, 6) is 0.757. The molecule has 1 aromatic carbocycles. The Kier molecular flexibility index (Phi) is 4.12. The van der Waals surface area contributed by atoms with Crippen LogP contribution in [0.3, 0.4) is 0 Å². The van der Waals surface area contributed by atoms with Crippen molar-refractivity contribution in [2.75, 3.05) is 13.1 Å². The number of benzene rings is 1. The Morgan fingerprint density at radius 3 is 2.95 bits per heavy atom. The Morgan fingerprint density at radius 1 is 1.38 bits per heavy atom. The van der Waals surface area contributed by atoms with Crippen LogP contribution in [-0.2, 0) is 11.3 Å². The highest BCUT2D eigenvalue weighted by Gasteiger charge is 2.28. The Hall–Kier alpha value is -1.59. The number of hydrogen-bond donors (Lipinski definition) is 1. The molecule has 1 aliphatic rings. The van der Waals surface area contributed by atoms with Gasteiger partial charge in [0, 0.05) is 16.6 Å². The standard InChI is InChI=1S/C16H16BrNO3/c17-13-3-1-2-11(8-13)15-5-4-14(21-15)10-18-7-6-12(9-18)16(19)20/h1-5,8,12H,6-7,9-10H2,(H,19,20). The molecule has 0 radical (unpaired) electrons. The molecular formula is C16H16BrNO3. The normalized spacial score (nSPS) is 19.0. The van der Waals surface area contributed by atoms with Crippen molar-refractivity contribution in [1.29, 1.82) is 0 Å². The summed E-state index contributed by atoms with van der Waals surface area (Å²) < 4.78 is 6.89. The molecule has 0 saturated carbocycles. The average Bonchev–Trinajstić information content (AvgIpc) is 3.08. The number of rotatable bonds is 4. The van der Waals surface area contributed by atoms with E-state index in [0.29, 0.717) is 19.5 Å². The molecule has 5 heteroatoms. The second-order valence-corrected chi connectivity index (χ2v) is 6.25. The Bertz CT molecular complexity index is 652. The maximum Gasteiger partial charge on any atom is 0.307 e. The molecule has 1 aromatic heterocycles. The van der Waals surface area contributed by atoms with Gasteiger partial charge in [-0.15, -0.1) is 0 Å². The highest BCUT2D eigenvalue weighted by atomic mass is 79.9. The van der Waals surface area contributed by atoms with Gasteiger partial charge in [-0.25, -0.2) is 0 Å². The lowest BCUT2D eigenvalue weighted by atomic mass is 10.1. The van der Waals surface area contributed by atoms with Gasteiger partial charge in [-0.05, 0) is 37.2 Å². The Labute approximate surface area is 131 Å². The molecule has 1 atom stereocenters. The van der Waals surface area contributed by atoms with Gasteiger partial charge in [-0.1, -0.05) is 28.1 Å². The van der Waals surface area contributed by atoms with Crippen molar-refractivity contribution < 1.29 is 14.3 Å². The molecule has 1 aliphatic heterocycles. The van der Waals surface area contributed by atoms with Crippen LogP contribution in [0.2, 0.25) is 0 Å². The van der Waals surface area contributed by atoms with Crippen LogP contribution in [0.1, 0.15) is 12.2 Å². The van der Waals surface area contributed by atoms with Gasteiger partial charge in [0.15, 0.2) is 0 Å². The van der Waals surface area contributed by atoms with Crippen LogP contribution in [-0.4, -0.2) is 29.1 Å². The predicted octanol–water partition coefficient (Wildman–Crippen LogP) is 3.62. The lowest BCUT2D eigenvalue weighted by Crippen LogP contribution is -2.22. The number of nitrogens with zero attached hydrogens (tertiary/aromatic N) is 1. The van der Waals surface area contributed by atoms with E-state index in [9.17, 15) is 4.79 Å². The first-order valence-electron chi connectivity index (χ1n) is 6.91. The molecule has 110 valence electrons. The van der Waals surface area contributed by atoms with Crippen LogP contribution in [0.5, 0.6) is 0 Å². The number of furan rings is 1. The third-order valence-electron chi connectivity index (χ3n) is 3.77. The van der Waals surface area contributed by atoms with E-state index in [0.717, 1.165) is 28.1 Å². The number of hydrogen-bond acceptors (Lipinski definition) is 3. The number of carbonyl (C=O) groups is 1. The van der Waals surface area contributed by atoms with Crippen molar-refractivity contribution in [2.24, 2.45) is 5.92 Å². The zero-order valence-electron chi connectivity index (χ0n) is 11.5. The second kappa shape index (κ2) is 6.03. The highest BCUT2D eigenvalue weighted by Crippen LogP contribution is 2.26. The molecule has 0 aliphatic carbocycles. The van der Waals surface area contributed by atoms with Gasteiger partial charge in [-0.2, -0.15) is 0 Å². The van der Waals surface area contributed by atoms with Crippen molar-refractivity contribution in [2.45, 2.75) is 13.0 Å². The number of halogens is 1. The third-order valence-corrected chi connectivity index (χ3v) is 4.27. The van der Waals surface area contributed by atoms with Gasteiger partial charge < -0.3 is 9.52 Å². The van der Waals surface area contributed by atoms with Crippen LogP contribution in [0, 0.1) is 5.92 Å². The number of likely N-dealkylation sites (tertiary alicyclic amines) is 1. The lowest BCUT2D eigenvalue weighted by molar-refractivity contribution is -0.141. The summed E-state index contributed by atoms with van der Waals surface area (Å²) in [7, 11) is 0. The van der Waals surface area contributed by atoms with Crippen molar-refractivity contribution in [3.63, 3.8) is 0 Å². The summed E-state index contributed by atoms with van der Waals surface area (Å²) >= 11 is 3.45. The van der Waals surface area contributed by atoms with Crippen molar-refractivity contribution in [3.05, 3.63) is 46.6 Å². The Balaban J connectivity index is 1.67. The highest BCUT2D eigenvalue weighted by molar-refractivity contribution is 9.10. The molecule has 4 nitrogen and oxygen atoms in total. The number of aliphatic carboxylic acids is 1. The Morgan fingerprint density at radius 2 is 2.24 bits per heavy atom. The predicted molar refractivity (Wildman–Crippen MR) is 82.9 cm³/mol. The molecular weight excluding hydrogens is 334 g/mol. The largest absolute Gasteiger partial charge is 0.481 e. The van der Waals surface area contributed by atoms with Crippen molar-refractivity contribution in [3.8, 4) is 11.3 Å². The molecule has 0 bridgehead atoms. The summed E-state index contributed by atoms with van der Waals surface area (Å²) in [6.45, 7) is 2.07. The topological polar surface area (TPSA) is 53.7 Å². The number of carboxylic acid groups (broad SMARTS) is 1. The maximum absolute atomic E-state index is 11.0. The first-order chi connectivity index (χ1) is 10.1. The fourth-order valence-electron chi connectivity index (χ4n) is 2.66. The third kappa shape index (κ3) is 3.36. The van der Waals surface area contributed by atoms with E-state index in [-0.39, 0.29) is 5.92 Å². The number of carboxylic acids is 1. The van der Waals surface area contributed by atoms with Crippen molar-refractivity contribution in [1.82, 2.24) is 4.90 Å². The minimum Gasteiger partial charge on any atom is -0.481 e. The molecule has 0 spiro atoms. The van der Waals surface area contributed by atoms with Crippen LogP contribution in [0.4, 0.5) is 0 Å². The SMILES string of the molecule is O=C(O)C1CCN(Cc2ccc(-c3cccc(Br)c3)o2)C1.